The lowest BCUT2D eigenvalue weighted by atomic mass is 9.79. The summed E-state index contributed by atoms with van der Waals surface area (Å²) in [6, 6.07) is 11.0. The van der Waals surface area contributed by atoms with Crippen molar-refractivity contribution in [3.8, 4) is 0 Å². The van der Waals surface area contributed by atoms with E-state index in [1.54, 1.807) is 0 Å². The molecule has 1 aromatic rings. The van der Waals surface area contributed by atoms with E-state index in [1.807, 2.05) is 5.57 Å². The smallest absolute Gasteiger partial charge is 0.0111 e. The average molecular weight is 373 g/mol. The van der Waals surface area contributed by atoms with E-state index in [4.69, 9.17) is 0 Å². The van der Waals surface area contributed by atoms with Crippen LogP contribution >= 0.6 is 7.92 Å². The van der Waals surface area contributed by atoms with Crippen LogP contribution < -0.4 is 0 Å². The van der Waals surface area contributed by atoms with E-state index in [2.05, 4.69) is 64.1 Å². The molecule has 0 amide bonds. The first-order chi connectivity index (χ1) is 12.7. The van der Waals surface area contributed by atoms with Crippen molar-refractivity contribution in [1.82, 2.24) is 0 Å². The molecule has 26 heavy (non-hydrogen) atoms. The van der Waals surface area contributed by atoms with Gasteiger partial charge >= 0.3 is 0 Å². The van der Waals surface area contributed by atoms with E-state index < -0.39 is 0 Å². The van der Waals surface area contributed by atoms with Crippen LogP contribution in [-0.2, 0) is 6.42 Å². The molecule has 0 aromatic heterocycles. The van der Waals surface area contributed by atoms with Crippen molar-refractivity contribution in [3.63, 3.8) is 0 Å². The summed E-state index contributed by atoms with van der Waals surface area (Å²) in [7, 11) is 0.111. The van der Waals surface area contributed by atoms with Crippen molar-refractivity contribution in [2.24, 2.45) is 5.92 Å². The molecule has 0 aliphatic carbocycles. The van der Waals surface area contributed by atoms with Crippen molar-refractivity contribution >= 4 is 7.92 Å². The number of allylic oxidation sites excluding steroid dienone is 2. The Kier molecular flexibility index (Phi) is 9.41. The van der Waals surface area contributed by atoms with Gasteiger partial charge in [-0.05, 0) is 68.8 Å². The Morgan fingerprint density at radius 3 is 2.35 bits per heavy atom. The van der Waals surface area contributed by atoms with E-state index in [9.17, 15) is 0 Å². The second-order valence-corrected chi connectivity index (χ2v) is 11.0. The number of hydrogen-bond acceptors (Lipinski definition) is 0. The summed E-state index contributed by atoms with van der Waals surface area (Å²) in [5.74, 6) is 0.820. The predicted molar refractivity (Wildman–Crippen MR) is 121 cm³/mol. The van der Waals surface area contributed by atoms with Gasteiger partial charge in [-0.1, -0.05) is 90.4 Å². The SMILES string of the molecule is CCC1CCCCCP(CC)C(CC)(CC)C1=CCCc1ccccc1. The zero-order chi connectivity index (χ0) is 18.8. The first-order valence-corrected chi connectivity index (χ1v) is 12.9. The lowest BCUT2D eigenvalue weighted by Gasteiger charge is -2.45. The molecule has 0 radical (unpaired) electrons. The van der Waals surface area contributed by atoms with Gasteiger partial charge in [-0.3, -0.25) is 0 Å². The van der Waals surface area contributed by atoms with Gasteiger partial charge in [0.1, 0.15) is 0 Å². The van der Waals surface area contributed by atoms with Gasteiger partial charge in [0.15, 0.2) is 0 Å². The fraction of sp³-hybridized carbons (Fsp3) is 0.680. The van der Waals surface area contributed by atoms with Crippen LogP contribution in [0, 0.1) is 5.92 Å². The quantitative estimate of drug-likeness (QED) is 0.334. The molecule has 0 bridgehead atoms. The minimum Gasteiger partial charge on any atom is -0.0964 e. The van der Waals surface area contributed by atoms with Crippen LogP contribution in [0.4, 0.5) is 0 Å². The lowest BCUT2D eigenvalue weighted by molar-refractivity contribution is 0.450. The van der Waals surface area contributed by atoms with Crippen LogP contribution in [0.15, 0.2) is 42.0 Å². The van der Waals surface area contributed by atoms with E-state index in [-0.39, 0.29) is 7.92 Å². The minimum atomic E-state index is 0.111. The topological polar surface area (TPSA) is 0 Å². The summed E-state index contributed by atoms with van der Waals surface area (Å²) in [5, 5.41) is 0.506. The molecule has 146 valence electrons. The molecular formula is C25H41P. The number of benzene rings is 1. The maximum atomic E-state index is 2.71. The van der Waals surface area contributed by atoms with Crippen LogP contribution in [0.1, 0.15) is 84.6 Å². The highest BCUT2D eigenvalue weighted by Gasteiger charge is 2.40. The molecule has 1 heteroatoms. The monoisotopic (exact) mass is 372 g/mol. The Labute approximate surface area is 164 Å². The Balaban J connectivity index is 2.34. The van der Waals surface area contributed by atoms with Gasteiger partial charge in [-0.15, -0.1) is 0 Å². The second-order valence-electron chi connectivity index (χ2n) is 7.96. The third-order valence-electron chi connectivity index (χ3n) is 6.75. The second kappa shape index (κ2) is 11.3. The fourth-order valence-electron chi connectivity index (χ4n) is 5.19. The van der Waals surface area contributed by atoms with E-state index in [1.165, 1.54) is 75.7 Å². The Morgan fingerprint density at radius 2 is 1.73 bits per heavy atom. The van der Waals surface area contributed by atoms with Crippen LogP contribution in [0.5, 0.6) is 0 Å². The largest absolute Gasteiger partial charge is 0.0964 e. The van der Waals surface area contributed by atoms with Gasteiger partial charge < -0.3 is 0 Å². The molecule has 2 rings (SSSR count). The number of aryl methyl sites for hydroxylation is 1. The minimum absolute atomic E-state index is 0.111. The zero-order valence-electron chi connectivity index (χ0n) is 17.8. The molecule has 1 heterocycles. The molecular weight excluding hydrogens is 331 g/mol. The summed E-state index contributed by atoms with van der Waals surface area (Å²) in [6.07, 6.45) is 17.8. The lowest BCUT2D eigenvalue weighted by Crippen LogP contribution is -2.33. The van der Waals surface area contributed by atoms with Gasteiger partial charge in [-0.25, -0.2) is 0 Å². The van der Waals surface area contributed by atoms with Crippen LogP contribution in [0.25, 0.3) is 0 Å². The van der Waals surface area contributed by atoms with Crippen molar-refractivity contribution in [3.05, 3.63) is 47.5 Å². The molecule has 2 atom stereocenters. The number of rotatable bonds is 7. The fourth-order valence-corrected chi connectivity index (χ4v) is 8.68. The van der Waals surface area contributed by atoms with Crippen molar-refractivity contribution < 1.29 is 0 Å². The van der Waals surface area contributed by atoms with Crippen LogP contribution in [0.2, 0.25) is 0 Å². The van der Waals surface area contributed by atoms with Gasteiger partial charge in [0.25, 0.3) is 0 Å². The first kappa shape index (κ1) is 21.7. The summed E-state index contributed by atoms with van der Waals surface area (Å²) >= 11 is 0. The Hall–Kier alpha value is -0.610. The predicted octanol–water partition coefficient (Wildman–Crippen LogP) is 8.21. The standard InChI is InChI=1S/C25H41P/c1-5-23-19-13-10-14-21-26(8-4)25(6-2,7-3)24(23)20-15-18-22-16-11-9-12-17-22/h9,11-12,16-17,20,23H,5-8,10,13-15,18-19,21H2,1-4H3. The highest BCUT2D eigenvalue weighted by Crippen LogP contribution is 2.60. The Morgan fingerprint density at radius 1 is 1.00 bits per heavy atom. The molecule has 0 spiro atoms. The molecule has 0 saturated carbocycles. The molecule has 1 aromatic carbocycles. The maximum Gasteiger partial charge on any atom is 0.0111 e. The normalized spacial score (nSPS) is 25.5. The molecule has 1 aliphatic rings. The van der Waals surface area contributed by atoms with Crippen LogP contribution in [-0.4, -0.2) is 17.5 Å². The summed E-state index contributed by atoms with van der Waals surface area (Å²) in [6.45, 7) is 9.85. The first-order valence-electron chi connectivity index (χ1n) is 11.2. The molecule has 0 nitrogen and oxygen atoms in total. The van der Waals surface area contributed by atoms with Gasteiger partial charge in [0.05, 0.1) is 0 Å². The van der Waals surface area contributed by atoms with E-state index in [0.717, 1.165) is 5.92 Å². The number of hydrogen-bond donors (Lipinski definition) is 0. The molecule has 1 fully saturated rings. The average Bonchev–Trinajstić information content (AvgIpc) is 2.76. The van der Waals surface area contributed by atoms with Gasteiger partial charge in [0.2, 0.25) is 0 Å². The van der Waals surface area contributed by atoms with Gasteiger partial charge in [-0.2, -0.15) is 0 Å². The summed E-state index contributed by atoms with van der Waals surface area (Å²) < 4.78 is 0. The van der Waals surface area contributed by atoms with Crippen LogP contribution in [0.3, 0.4) is 0 Å². The van der Waals surface area contributed by atoms with Crippen molar-refractivity contribution in [1.29, 1.82) is 0 Å². The summed E-state index contributed by atoms with van der Waals surface area (Å²) in [5.41, 5.74) is 3.35. The summed E-state index contributed by atoms with van der Waals surface area (Å²) in [4.78, 5) is 0. The van der Waals surface area contributed by atoms with Crippen molar-refractivity contribution in [2.75, 3.05) is 12.3 Å². The molecule has 1 aliphatic heterocycles. The van der Waals surface area contributed by atoms with E-state index in [0.29, 0.717) is 5.16 Å². The molecule has 0 N–H and O–H groups in total. The molecule has 2 unspecified atom stereocenters. The Bertz CT molecular complexity index is 526. The third kappa shape index (κ3) is 5.22. The highest BCUT2D eigenvalue weighted by molar-refractivity contribution is 7.59. The molecule has 1 saturated heterocycles. The van der Waals surface area contributed by atoms with Gasteiger partial charge in [0, 0.05) is 5.16 Å². The highest BCUT2D eigenvalue weighted by atomic mass is 31.1. The van der Waals surface area contributed by atoms with Crippen molar-refractivity contribution in [2.45, 2.75) is 90.6 Å². The van der Waals surface area contributed by atoms with E-state index >= 15 is 0 Å². The third-order valence-corrected chi connectivity index (χ3v) is 10.5. The maximum absolute atomic E-state index is 2.71. The zero-order valence-corrected chi connectivity index (χ0v) is 18.7.